The summed E-state index contributed by atoms with van der Waals surface area (Å²) >= 11 is 0. The molecule has 2 atom stereocenters. The molecule has 1 saturated carbocycles. The highest BCUT2D eigenvalue weighted by Crippen LogP contribution is 2.36. The number of fused-ring (bicyclic) bond motifs is 2. The van der Waals surface area contributed by atoms with Gasteiger partial charge in [0, 0.05) is 29.4 Å². The number of piperidine rings is 1. The first-order valence-corrected chi connectivity index (χ1v) is 12.0. The number of aryl methyl sites for hydroxylation is 1. The summed E-state index contributed by atoms with van der Waals surface area (Å²) in [6.45, 7) is 0.862. The van der Waals surface area contributed by atoms with Gasteiger partial charge in [-0.15, -0.1) is 0 Å². The first kappa shape index (κ1) is 20.3. The molecule has 2 aromatic carbocycles. The highest BCUT2D eigenvalue weighted by Gasteiger charge is 2.35. The van der Waals surface area contributed by atoms with E-state index in [1.807, 2.05) is 24.3 Å². The quantitative estimate of drug-likeness (QED) is 0.707. The first-order chi connectivity index (χ1) is 15.2. The van der Waals surface area contributed by atoms with Crippen LogP contribution in [0.4, 0.5) is 5.69 Å². The zero-order valence-corrected chi connectivity index (χ0v) is 18.2. The van der Waals surface area contributed by atoms with Gasteiger partial charge >= 0.3 is 0 Å². The minimum atomic E-state index is -0.108. The Kier molecular flexibility index (Phi) is 5.80. The SMILES string of the molecule is O=C(Nc1cccc2c1CCCC2)c1ccc(C(=O)N2CCC[C@@H]3CCCC[C@@H]32)cc1. The average Bonchev–Trinajstić information content (AvgIpc) is 2.83. The van der Waals surface area contributed by atoms with Gasteiger partial charge in [0.2, 0.25) is 0 Å². The molecule has 0 radical (unpaired) electrons. The lowest BCUT2D eigenvalue weighted by molar-refractivity contribution is 0.0390. The molecule has 1 saturated heterocycles. The van der Waals surface area contributed by atoms with Crippen molar-refractivity contribution in [3.8, 4) is 0 Å². The smallest absolute Gasteiger partial charge is 0.255 e. The second kappa shape index (κ2) is 8.86. The molecular weight excluding hydrogens is 384 g/mol. The van der Waals surface area contributed by atoms with Crippen LogP contribution in [0, 0.1) is 5.92 Å². The molecule has 162 valence electrons. The summed E-state index contributed by atoms with van der Waals surface area (Å²) < 4.78 is 0. The summed E-state index contributed by atoms with van der Waals surface area (Å²) in [6, 6.07) is 13.8. The average molecular weight is 417 g/mol. The largest absolute Gasteiger partial charge is 0.335 e. The number of anilines is 1. The van der Waals surface area contributed by atoms with Crippen LogP contribution in [0.15, 0.2) is 42.5 Å². The van der Waals surface area contributed by atoms with Crippen molar-refractivity contribution >= 4 is 17.5 Å². The van der Waals surface area contributed by atoms with E-state index in [-0.39, 0.29) is 11.8 Å². The molecule has 31 heavy (non-hydrogen) atoms. The molecule has 5 rings (SSSR count). The summed E-state index contributed by atoms with van der Waals surface area (Å²) in [5.74, 6) is 0.692. The van der Waals surface area contributed by atoms with E-state index in [1.54, 1.807) is 12.1 Å². The number of carbonyl (C=O) groups excluding carboxylic acids is 2. The third-order valence-corrected chi connectivity index (χ3v) is 7.54. The molecule has 1 heterocycles. The molecule has 2 amide bonds. The molecule has 2 aromatic rings. The fraction of sp³-hybridized carbons (Fsp3) is 0.481. The Morgan fingerprint density at radius 1 is 0.806 bits per heavy atom. The Morgan fingerprint density at radius 2 is 1.55 bits per heavy atom. The van der Waals surface area contributed by atoms with Gasteiger partial charge in [0.25, 0.3) is 11.8 Å². The van der Waals surface area contributed by atoms with Crippen molar-refractivity contribution in [2.75, 3.05) is 11.9 Å². The van der Waals surface area contributed by atoms with Crippen LogP contribution in [0.5, 0.6) is 0 Å². The predicted molar refractivity (Wildman–Crippen MR) is 123 cm³/mol. The van der Waals surface area contributed by atoms with E-state index in [1.165, 1.54) is 49.7 Å². The predicted octanol–water partition coefficient (Wildman–Crippen LogP) is 5.61. The van der Waals surface area contributed by atoms with Crippen molar-refractivity contribution in [1.82, 2.24) is 4.90 Å². The maximum atomic E-state index is 13.2. The number of rotatable bonds is 3. The van der Waals surface area contributed by atoms with E-state index in [9.17, 15) is 9.59 Å². The van der Waals surface area contributed by atoms with Gasteiger partial charge in [-0.25, -0.2) is 0 Å². The zero-order valence-electron chi connectivity index (χ0n) is 18.2. The van der Waals surface area contributed by atoms with Crippen molar-refractivity contribution in [1.29, 1.82) is 0 Å². The van der Waals surface area contributed by atoms with E-state index in [0.29, 0.717) is 23.1 Å². The molecule has 2 aliphatic carbocycles. The van der Waals surface area contributed by atoms with Gasteiger partial charge in [0.1, 0.15) is 0 Å². The molecule has 1 N–H and O–H groups in total. The van der Waals surface area contributed by atoms with E-state index < -0.39 is 0 Å². The summed E-state index contributed by atoms with van der Waals surface area (Å²) in [5, 5.41) is 3.10. The van der Waals surface area contributed by atoms with Crippen LogP contribution >= 0.6 is 0 Å². The molecule has 2 fully saturated rings. The monoisotopic (exact) mass is 416 g/mol. The molecule has 4 heteroatoms. The molecule has 4 nitrogen and oxygen atoms in total. The third-order valence-electron chi connectivity index (χ3n) is 7.54. The molecule has 0 spiro atoms. The van der Waals surface area contributed by atoms with Crippen LogP contribution in [-0.4, -0.2) is 29.3 Å². The Balaban J connectivity index is 1.29. The van der Waals surface area contributed by atoms with Crippen molar-refractivity contribution in [2.24, 2.45) is 5.92 Å². The number of amides is 2. The van der Waals surface area contributed by atoms with Gasteiger partial charge in [-0.05, 0) is 98.7 Å². The summed E-state index contributed by atoms with van der Waals surface area (Å²) in [5.41, 5.74) is 4.85. The molecular formula is C27H32N2O2. The van der Waals surface area contributed by atoms with Crippen LogP contribution < -0.4 is 5.32 Å². The first-order valence-electron chi connectivity index (χ1n) is 12.0. The summed E-state index contributed by atoms with van der Waals surface area (Å²) in [7, 11) is 0. The Hall–Kier alpha value is -2.62. The molecule has 3 aliphatic rings. The van der Waals surface area contributed by atoms with E-state index >= 15 is 0 Å². The Bertz CT molecular complexity index is 964. The number of nitrogens with one attached hydrogen (secondary N) is 1. The number of likely N-dealkylation sites (tertiary alicyclic amines) is 1. The van der Waals surface area contributed by atoms with Gasteiger partial charge in [0.05, 0.1) is 0 Å². The minimum Gasteiger partial charge on any atom is -0.335 e. The third kappa shape index (κ3) is 4.13. The standard InChI is InChI=1S/C27H32N2O2/c30-26(28-24-12-5-9-19-7-1-3-11-23(19)24)21-14-16-22(17-15-21)27(31)29-18-6-10-20-8-2-4-13-25(20)29/h5,9,12,14-17,20,25H,1-4,6-8,10-11,13,18H2,(H,28,30)/t20-,25-/m0/s1. The number of nitrogens with zero attached hydrogens (tertiary/aromatic N) is 1. The van der Waals surface area contributed by atoms with Gasteiger partial charge in [-0.3, -0.25) is 9.59 Å². The number of hydrogen-bond acceptors (Lipinski definition) is 2. The maximum Gasteiger partial charge on any atom is 0.255 e. The lowest BCUT2D eigenvalue weighted by Gasteiger charge is -2.44. The maximum absolute atomic E-state index is 13.2. The van der Waals surface area contributed by atoms with Crippen LogP contribution in [0.1, 0.15) is 83.2 Å². The normalized spacial score (nSPS) is 22.9. The second-order valence-electron chi connectivity index (χ2n) is 9.43. The van der Waals surface area contributed by atoms with E-state index in [0.717, 1.165) is 37.9 Å². The fourth-order valence-electron chi connectivity index (χ4n) is 5.90. The molecule has 0 bridgehead atoms. The molecule has 0 unspecified atom stereocenters. The highest BCUT2D eigenvalue weighted by molar-refractivity contribution is 6.05. The number of benzene rings is 2. The van der Waals surface area contributed by atoms with Crippen molar-refractivity contribution in [3.63, 3.8) is 0 Å². The lowest BCUT2D eigenvalue weighted by atomic mass is 9.78. The van der Waals surface area contributed by atoms with Crippen molar-refractivity contribution in [2.45, 2.75) is 70.3 Å². The van der Waals surface area contributed by atoms with Gasteiger partial charge in [-0.1, -0.05) is 25.0 Å². The van der Waals surface area contributed by atoms with Crippen LogP contribution in [0.2, 0.25) is 0 Å². The van der Waals surface area contributed by atoms with Gasteiger partial charge in [0.15, 0.2) is 0 Å². The summed E-state index contributed by atoms with van der Waals surface area (Å²) in [6.07, 6.45) is 11.8. The minimum absolute atomic E-state index is 0.108. The van der Waals surface area contributed by atoms with Gasteiger partial charge < -0.3 is 10.2 Å². The highest BCUT2D eigenvalue weighted by atomic mass is 16.2. The summed E-state index contributed by atoms with van der Waals surface area (Å²) in [4.78, 5) is 28.2. The topological polar surface area (TPSA) is 49.4 Å². The Labute approximate surface area is 185 Å². The molecule has 1 aliphatic heterocycles. The van der Waals surface area contributed by atoms with Crippen LogP contribution in [0.3, 0.4) is 0 Å². The van der Waals surface area contributed by atoms with Crippen LogP contribution in [-0.2, 0) is 12.8 Å². The van der Waals surface area contributed by atoms with Crippen molar-refractivity contribution in [3.05, 3.63) is 64.7 Å². The lowest BCUT2D eigenvalue weighted by Crippen LogP contribution is -2.49. The van der Waals surface area contributed by atoms with E-state index in [4.69, 9.17) is 0 Å². The van der Waals surface area contributed by atoms with Gasteiger partial charge in [-0.2, -0.15) is 0 Å². The zero-order chi connectivity index (χ0) is 21.2. The second-order valence-corrected chi connectivity index (χ2v) is 9.43. The fourth-order valence-corrected chi connectivity index (χ4v) is 5.90. The number of carbonyl (C=O) groups is 2. The number of hydrogen-bond donors (Lipinski definition) is 1. The molecule has 0 aromatic heterocycles. The van der Waals surface area contributed by atoms with Crippen LogP contribution in [0.25, 0.3) is 0 Å². The van der Waals surface area contributed by atoms with E-state index in [2.05, 4.69) is 16.3 Å². The van der Waals surface area contributed by atoms with Crippen molar-refractivity contribution < 1.29 is 9.59 Å². The Morgan fingerprint density at radius 3 is 2.42 bits per heavy atom.